The number of aromatic nitrogens is 4. The fraction of sp³-hybridized carbons (Fsp3) is 0.0143. The highest BCUT2D eigenvalue weighted by molar-refractivity contribution is 6.13. The maximum atomic E-state index is 5.45. The van der Waals surface area contributed by atoms with Crippen LogP contribution in [0.25, 0.3) is 117 Å². The molecule has 3 heterocycles. The summed E-state index contributed by atoms with van der Waals surface area (Å²) in [6.07, 6.45) is 0. The SMILES string of the molecule is c1ccc(-c2ccc(-c3ccc(-c4ccc5c(c4)-c4c(-c6nc(-c7ccccc7)nc(-c7ccc(-c8ccccc8)cc7)n6)cccc4C54c5ccccc5-n5c6ccccc6c6cccc4c65)cc3)cc2)cc1. The van der Waals surface area contributed by atoms with Crippen molar-refractivity contribution < 1.29 is 0 Å². The Hall–Kier alpha value is -9.77. The Morgan fingerprint density at radius 1 is 0.270 bits per heavy atom. The highest BCUT2D eigenvalue weighted by atomic mass is 15.0. The van der Waals surface area contributed by atoms with Gasteiger partial charge < -0.3 is 4.57 Å². The van der Waals surface area contributed by atoms with Crippen molar-refractivity contribution in [2.75, 3.05) is 0 Å². The molecule has 2 aromatic heterocycles. The number of benzene rings is 11. The lowest BCUT2D eigenvalue weighted by Gasteiger charge is -2.39. The van der Waals surface area contributed by atoms with Crippen LogP contribution in [0.3, 0.4) is 0 Å². The molecule has 1 aliphatic carbocycles. The monoisotopic (exact) mass is 940 g/mol. The molecule has 0 fully saturated rings. The van der Waals surface area contributed by atoms with Gasteiger partial charge in [-0.05, 0) is 96.1 Å². The fourth-order valence-corrected chi connectivity index (χ4v) is 12.2. The first-order valence-corrected chi connectivity index (χ1v) is 25.3. The Morgan fingerprint density at radius 2 is 0.703 bits per heavy atom. The molecule has 0 amide bonds. The lowest BCUT2D eigenvalue weighted by atomic mass is 9.65. The van der Waals surface area contributed by atoms with E-state index in [1.165, 1.54) is 77.6 Å². The third-order valence-corrected chi connectivity index (χ3v) is 15.5. The molecule has 4 nitrogen and oxygen atoms in total. The second-order valence-corrected chi connectivity index (χ2v) is 19.4. The second-order valence-electron chi connectivity index (χ2n) is 19.4. The molecular weight excluding hydrogens is 897 g/mol. The highest BCUT2D eigenvalue weighted by Crippen LogP contribution is 2.62. The summed E-state index contributed by atoms with van der Waals surface area (Å²) in [5.74, 6) is 1.88. The molecule has 0 saturated heterocycles. The van der Waals surface area contributed by atoms with Gasteiger partial charge in [-0.15, -0.1) is 0 Å². The van der Waals surface area contributed by atoms with Crippen molar-refractivity contribution in [1.29, 1.82) is 0 Å². The third kappa shape index (κ3) is 6.38. The number of hydrogen-bond acceptors (Lipinski definition) is 3. The zero-order chi connectivity index (χ0) is 48.7. The first-order valence-electron chi connectivity index (χ1n) is 25.3. The van der Waals surface area contributed by atoms with Gasteiger partial charge in [0.1, 0.15) is 0 Å². The Kier molecular flexibility index (Phi) is 9.45. The minimum absolute atomic E-state index is 0.625. The van der Waals surface area contributed by atoms with Gasteiger partial charge in [-0.25, -0.2) is 15.0 Å². The molecule has 1 unspecified atom stereocenters. The van der Waals surface area contributed by atoms with Gasteiger partial charge in [-0.2, -0.15) is 0 Å². The van der Waals surface area contributed by atoms with E-state index < -0.39 is 5.41 Å². The van der Waals surface area contributed by atoms with Crippen LogP contribution < -0.4 is 0 Å². The standard InChI is InChI=1S/C70H44N4/c1-4-16-45(17-5-1)47-30-32-49(33-31-47)50-34-36-51(37-35-50)54-42-43-59-58(44-54)65-57(69-72-67(52-20-8-3-9-21-52)71-68(73-69)53-40-38-48(39-41-53)46-18-6-2-7-19-46)24-15-26-61(65)70(59)60-25-11-13-29-64(60)74-63-28-12-10-22-55(63)56-23-14-27-62(70)66(56)74/h1-44H. The predicted octanol–water partition coefficient (Wildman–Crippen LogP) is 17.3. The van der Waals surface area contributed by atoms with Crippen molar-refractivity contribution >= 4 is 21.8 Å². The molecular formula is C70H44N4. The van der Waals surface area contributed by atoms with E-state index in [9.17, 15) is 0 Å². The highest BCUT2D eigenvalue weighted by Gasteiger charge is 2.51. The van der Waals surface area contributed by atoms with Crippen LogP contribution in [-0.2, 0) is 5.41 Å². The molecule has 74 heavy (non-hydrogen) atoms. The zero-order valence-corrected chi connectivity index (χ0v) is 40.2. The number of nitrogens with zero attached hydrogens (tertiary/aromatic N) is 4. The van der Waals surface area contributed by atoms with Gasteiger partial charge in [0, 0.05) is 27.5 Å². The Bertz CT molecular complexity index is 4310. The van der Waals surface area contributed by atoms with E-state index in [0.29, 0.717) is 17.5 Å². The van der Waals surface area contributed by atoms with Gasteiger partial charge in [-0.1, -0.05) is 249 Å². The van der Waals surface area contributed by atoms with Crippen molar-refractivity contribution in [1.82, 2.24) is 19.5 Å². The van der Waals surface area contributed by atoms with Crippen molar-refractivity contribution in [2.24, 2.45) is 0 Å². The number of hydrogen-bond donors (Lipinski definition) is 0. The van der Waals surface area contributed by atoms with Gasteiger partial charge in [0.05, 0.1) is 22.1 Å². The van der Waals surface area contributed by atoms with Gasteiger partial charge in [0.15, 0.2) is 17.5 Å². The molecule has 2 aliphatic rings. The van der Waals surface area contributed by atoms with E-state index in [2.05, 4.69) is 247 Å². The zero-order valence-electron chi connectivity index (χ0n) is 40.2. The van der Waals surface area contributed by atoms with E-state index in [1.54, 1.807) is 0 Å². The number of fused-ring (bicyclic) bond motifs is 12. The summed E-state index contributed by atoms with van der Waals surface area (Å²) >= 11 is 0. The summed E-state index contributed by atoms with van der Waals surface area (Å²) in [6, 6.07) is 96.6. The quantitative estimate of drug-likeness (QED) is 0.160. The normalized spacial score (nSPS) is 14.0. The topological polar surface area (TPSA) is 43.6 Å². The molecule has 0 radical (unpaired) electrons. The fourth-order valence-electron chi connectivity index (χ4n) is 12.2. The summed E-state index contributed by atoms with van der Waals surface area (Å²) in [5.41, 5.74) is 22.4. The van der Waals surface area contributed by atoms with Crippen molar-refractivity contribution in [3.63, 3.8) is 0 Å². The Morgan fingerprint density at radius 3 is 1.34 bits per heavy atom. The molecule has 0 saturated carbocycles. The summed E-state index contributed by atoms with van der Waals surface area (Å²) in [5, 5.41) is 2.50. The van der Waals surface area contributed by atoms with Crippen molar-refractivity contribution in [2.45, 2.75) is 5.41 Å². The van der Waals surface area contributed by atoms with Crippen LogP contribution in [-0.4, -0.2) is 19.5 Å². The first kappa shape index (κ1) is 42.0. The second kappa shape index (κ2) is 16.7. The smallest absolute Gasteiger partial charge is 0.164 e. The van der Waals surface area contributed by atoms with Crippen LogP contribution in [0, 0.1) is 0 Å². The maximum Gasteiger partial charge on any atom is 0.164 e. The van der Waals surface area contributed by atoms with E-state index in [-0.39, 0.29) is 0 Å². The average Bonchev–Trinajstić information content (AvgIpc) is 3.98. The van der Waals surface area contributed by atoms with Gasteiger partial charge in [-0.3, -0.25) is 0 Å². The molecule has 0 N–H and O–H groups in total. The largest absolute Gasteiger partial charge is 0.309 e. The Labute approximate surface area is 429 Å². The minimum atomic E-state index is -0.666. The van der Waals surface area contributed by atoms with E-state index in [1.807, 2.05) is 24.3 Å². The maximum absolute atomic E-state index is 5.45. The molecule has 13 aromatic rings. The molecule has 0 bridgehead atoms. The predicted molar refractivity (Wildman–Crippen MR) is 303 cm³/mol. The van der Waals surface area contributed by atoms with Crippen LogP contribution in [0.1, 0.15) is 22.3 Å². The number of para-hydroxylation sites is 3. The van der Waals surface area contributed by atoms with Crippen molar-refractivity contribution in [3.8, 4) is 95.5 Å². The minimum Gasteiger partial charge on any atom is -0.309 e. The summed E-state index contributed by atoms with van der Waals surface area (Å²) in [7, 11) is 0. The third-order valence-electron chi connectivity index (χ3n) is 15.5. The Balaban J connectivity index is 0.952. The summed E-state index contributed by atoms with van der Waals surface area (Å²) < 4.78 is 2.50. The van der Waals surface area contributed by atoms with Crippen LogP contribution in [0.15, 0.2) is 267 Å². The van der Waals surface area contributed by atoms with Gasteiger partial charge >= 0.3 is 0 Å². The lowest BCUT2D eigenvalue weighted by Crippen LogP contribution is -2.33. The van der Waals surface area contributed by atoms with Gasteiger partial charge in [0.2, 0.25) is 0 Å². The number of rotatable bonds is 7. The molecule has 1 spiro atoms. The van der Waals surface area contributed by atoms with Crippen molar-refractivity contribution in [3.05, 3.63) is 289 Å². The molecule has 15 rings (SSSR count). The molecule has 344 valence electrons. The molecule has 1 aliphatic heterocycles. The summed E-state index contributed by atoms with van der Waals surface area (Å²) in [4.78, 5) is 16.1. The van der Waals surface area contributed by atoms with Crippen LogP contribution in [0.2, 0.25) is 0 Å². The molecule has 4 heteroatoms. The van der Waals surface area contributed by atoms with Crippen LogP contribution in [0.4, 0.5) is 0 Å². The van der Waals surface area contributed by atoms with Crippen LogP contribution >= 0.6 is 0 Å². The summed E-state index contributed by atoms with van der Waals surface area (Å²) in [6.45, 7) is 0. The molecule has 11 aromatic carbocycles. The van der Waals surface area contributed by atoms with E-state index in [0.717, 1.165) is 44.5 Å². The van der Waals surface area contributed by atoms with Gasteiger partial charge in [0.25, 0.3) is 0 Å². The average molecular weight is 941 g/mol. The van der Waals surface area contributed by atoms with E-state index in [4.69, 9.17) is 15.0 Å². The van der Waals surface area contributed by atoms with Crippen LogP contribution in [0.5, 0.6) is 0 Å². The lowest BCUT2D eigenvalue weighted by molar-refractivity contribution is 0.748. The van der Waals surface area contributed by atoms with E-state index >= 15 is 0 Å². The molecule has 1 atom stereocenters. The first-order chi connectivity index (χ1) is 36.7.